The van der Waals surface area contributed by atoms with Gasteiger partial charge in [0, 0.05) is 17.6 Å². The highest BCUT2D eigenvalue weighted by atomic mass is 16.5. The Morgan fingerprint density at radius 2 is 2.20 bits per heavy atom. The molecule has 1 aromatic carbocycles. The van der Waals surface area contributed by atoms with E-state index in [1.54, 1.807) is 0 Å². The van der Waals surface area contributed by atoms with Gasteiger partial charge in [0.05, 0.1) is 12.1 Å². The Morgan fingerprint density at radius 1 is 1.40 bits per heavy atom. The van der Waals surface area contributed by atoms with E-state index >= 15 is 0 Å². The number of rotatable bonds is 3. The molecule has 3 rings (SSSR count). The van der Waals surface area contributed by atoms with Crippen molar-refractivity contribution in [3.63, 3.8) is 0 Å². The van der Waals surface area contributed by atoms with Crippen molar-refractivity contribution in [1.29, 1.82) is 0 Å². The lowest BCUT2D eigenvalue weighted by Crippen LogP contribution is -2.40. The van der Waals surface area contributed by atoms with Crippen LogP contribution < -0.4 is 5.32 Å². The molecule has 0 aliphatic carbocycles. The SMILES string of the molecule is Cc1c(C(=O)N[C@H](C)[C@H]2CCCO2)oc2ccccc12. The fraction of sp³-hybridized carbons (Fsp3) is 0.438. The summed E-state index contributed by atoms with van der Waals surface area (Å²) in [6.45, 7) is 4.68. The molecule has 1 aliphatic heterocycles. The zero-order valence-corrected chi connectivity index (χ0v) is 11.8. The molecule has 2 heterocycles. The van der Waals surface area contributed by atoms with Crippen molar-refractivity contribution < 1.29 is 13.9 Å². The quantitative estimate of drug-likeness (QED) is 0.935. The van der Waals surface area contributed by atoms with Gasteiger partial charge in [-0.05, 0) is 32.8 Å². The lowest BCUT2D eigenvalue weighted by Gasteiger charge is -2.19. The molecule has 1 N–H and O–H groups in total. The van der Waals surface area contributed by atoms with Crippen LogP contribution in [0.2, 0.25) is 0 Å². The number of nitrogens with one attached hydrogen (secondary N) is 1. The van der Waals surface area contributed by atoms with Crippen LogP contribution in [0.3, 0.4) is 0 Å². The molecular weight excluding hydrogens is 254 g/mol. The van der Waals surface area contributed by atoms with Crippen molar-refractivity contribution in [3.05, 3.63) is 35.6 Å². The molecule has 106 valence electrons. The number of aryl methyl sites for hydroxylation is 1. The van der Waals surface area contributed by atoms with Crippen molar-refractivity contribution in [2.24, 2.45) is 0 Å². The summed E-state index contributed by atoms with van der Waals surface area (Å²) >= 11 is 0. The summed E-state index contributed by atoms with van der Waals surface area (Å²) in [4.78, 5) is 12.3. The third-order valence-corrected chi connectivity index (χ3v) is 3.93. The average molecular weight is 273 g/mol. The van der Waals surface area contributed by atoms with Crippen LogP contribution in [0.5, 0.6) is 0 Å². The monoisotopic (exact) mass is 273 g/mol. The fourth-order valence-electron chi connectivity index (χ4n) is 2.75. The topological polar surface area (TPSA) is 51.5 Å². The molecule has 1 amide bonds. The smallest absolute Gasteiger partial charge is 0.287 e. The minimum Gasteiger partial charge on any atom is -0.451 e. The van der Waals surface area contributed by atoms with E-state index < -0.39 is 0 Å². The van der Waals surface area contributed by atoms with Gasteiger partial charge in [0.25, 0.3) is 5.91 Å². The molecule has 2 atom stereocenters. The first-order chi connectivity index (χ1) is 9.66. The van der Waals surface area contributed by atoms with Crippen molar-refractivity contribution in [2.75, 3.05) is 6.61 Å². The maximum atomic E-state index is 12.3. The van der Waals surface area contributed by atoms with E-state index in [1.807, 2.05) is 38.1 Å². The highest BCUT2D eigenvalue weighted by Crippen LogP contribution is 2.25. The van der Waals surface area contributed by atoms with E-state index in [-0.39, 0.29) is 18.1 Å². The molecule has 4 nitrogen and oxygen atoms in total. The predicted molar refractivity (Wildman–Crippen MR) is 76.9 cm³/mol. The lowest BCUT2D eigenvalue weighted by atomic mass is 10.1. The van der Waals surface area contributed by atoms with Gasteiger partial charge < -0.3 is 14.5 Å². The van der Waals surface area contributed by atoms with Crippen LogP contribution in [-0.2, 0) is 4.74 Å². The van der Waals surface area contributed by atoms with Crippen LogP contribution in [0.4, 0.5) is 0 Å². The van der Waals surface area contributed by atoms with Gasteiger partial charge >= 0.3 is 0 Å². The van der Waals surface area contributed by atoms with E-state index in [2.05, 4.69) is 5.32 Å². The number of furan rings is 1. The Balaban J connectivity index is 1.80. The molecule has 0 unspecified atom stereocenters. The number of carbonyl (C=O) groups excluding carboxylic acids is 1. The van der Waals surface area contributed by atoms with Gasteiger partial charge in [-0.3, -0.25) is 4.79 Å². The van der Waals surface area contributed by atoms with Gasteiger partial charge in [0.2, 0.25) is 0 Å². The summed E-state index contributed by atoms with van der Waals surface area (Å²) in [5.41, 5.74) is 1.64. The molecule has 1 aliphatic rings. The standard InChI is InChI=1S/C16H19NO3/c1-10-12-6-3-4-7-14(12)20-15(10)16(18)17-11(2)13-8-5-9-19-13/h3-4,6-7,11,13H,5,8-9H2,1-2H3,(H,17,18)/t11-,13-/m1/s1. The third-order valence-electron chi connectivity index (χ3n) is 3.93. The van der Waals surface area contributed by atoms with E-state index in [9.17, 15) is 4.79 Å². The Labute approximate surface area is 118 Å². The molecule has 20 heavy (non-hydrogen) atoms. The first-order valence-electron chi connectivity index (χ1n) is 7.07. The largest absolute Gasteiger partial charge is 0.451 e. The van der Waals surface area contributed by atoms with Crippen molar-refractivity contribution in [3.8, 4) is 0 Å². The van der Waals surface area contributed by atoms with E-state index in [0.717, 1.165) is 36.0 Å². The molecule has 0 bridgehead atoms. The lowest BCUT2D eigenvalue weighted by molar-refractivity contribution is 0.0697. The molecule has 0 saturated carbocycles. The second kappa shape index (κ2) is 5.29. The van der Waals surface area contributed by atoms with Gasteiger partial charge in [0.1, 0.15) is 5.58 Å². The molecule has 0 radical (unpaired) electrons. The number of benzene rings is 1. The van der Waals surface area contributed by atoms with Crippen LogP contribution in [0.25, 0.3) is 11.0 Å². The van der Waals surface area contributed by atoms with Crippen molar-refractivity contribution >= 4 is 16.9 Å². The number of amides is 1. The first-order valence-corrected chi connectivity index (χ1v) is 7.07. The van der Waals surface area contributed by atoms with Crippen LogP contribution in [0.15, 0.2) is 28.7 Å². The van der Waals surface area contributed by atoms with Gasteiger partial charge in [-0.15, -0.1) is 0 Å². The molecule has 1 aromatic heterocycles. The maximum absolute atomic E-state index is 12.3. The third kappa shape index (κ3) is 2.31. The number of hydrogen-bond donors (Lipinski definition) is 1. The highest BCUT2D eigenvalue weighted by Gasteiger charge is 2.26. The minimum absolute atomic E-state index is 0.00221. The van der Waals surface area contributed by atoms with Crippen molar-refractivity contribution in [1.82, 2.24) is 5.32 Å². The summed E-state index contributed by atoms with van der Waals surface area (Å²) in [7, 11) is 0. The summed E-state index contributed by atoms with van der Waals surface area (Å²) in [6.07, 6.45) is 2.18. The van der Waals surface area contributed by atoms with Gasteiger partial charge in [-0.2, -0.15) is 0 Å². The Bertz CT molecular complexity index is 626. The van der Waals surface area contributed by atoms with Crippen LogP contribution in [0.1, 0.15) is 35.9 Å². The number of ether oxygens (including phenoxy) is 1. The van der Waals surface area contributed by atoms with Crippen molar-refractivity contribution in [2.45, 2.75) is 38.8 Å². The van der Waals surface area contributed by atoms with Gasteiger partial charge in [-0.1, -0.05) is 18.2 Å². The summed E-state index contributed by atoms with van der Waals surface area (Å²) in [5, 5.41) is 3.97. The first kappa shape index (κ1) is 13.2. The molecule has 1 saturated heterocycles. The second-order valence-electron chi connectivity index (χ2n) is 5.37. The van der Waals surface area contributed by atoms with E-state index in [1.165, 1.54) is 0 Å². The molecule has 1 fully saturated rings. The zero-order chi connectivity index (χ0) is 14.1. The molecule has 2 aromatic rings. The Kier molecular flexibility index (Phi) is 3.49. The van der Waals surface area contributed by atoms with E-state index in [4.69, 9.17) is 9.15 Å². The number of fused-ring (bicyclic) bond motifs is 1. The molecule has 0 spiro atoms. The summed E-state index contributed by atoms with van der Waals surface area (Å²) in [5.74, 6) is 0.234. The summed E-state index contributed by atoms with van der Waals surface area (Å²) < 4.78 is 11.3. The van der Waals surface area contributed by atoms with E-state index in [0.29, 0.717) is 5.76 Å². The average Bonchev–Trinajstić information content (AvgIpc) is 3.07. The second-order valence-corrected chi connectivity index (χ2v) is 5.37. The van der Waals surface area contributed by atoms with Crippen LogP contribution in [0, 0.1) is 6.92 Å². The van der Waals surface area contributed by atoms with Crippen LogP contribution in [-0.4, -0.2) is 24.7 Å². The summed E-state index contributed by atoms with van der Waals surface area (Å²) in [6, 6.07) is 7.69. The number of para-hydroxylation sites is 1. The van der Waals surface area contributed by atoms with Gasteiger partial charge in [-0.25, -0.2) is 0 Å². The fourth-order valence-corrected chi connectivity index (χ4v) is 2.75. The normalized spacial score (nSPS) is 20.2. The van der Waals surface area contributed by atoms with Crippen LogP contribution >= 0.6 is 0 Å². The maximum Gasteiger partial charge on any atom is 0.287 e. The zero-order valence-electron chi connectivity index (χ0n) is 11.8. The molecular formula is C16H19NO3. The highest BCUT2D eigenvalue weighted by molar-refractivity contribution is 5.99. The van der Waals surface area contributed by atoms with Gasteiger partial charge in [0.15, 0.2) is 5.76 Å². The Morgan fingerprint density at radius 3 is 2.90 bits per heavy atom. The number of carbonyl (C=O) groups is 1. The Hall–Kier alpha value is -1.81. The number of hydrogen-bond acceptors (Lipinski definition) is 3. The molecule has 4 heteroatoms. The minimum atomic E-state index is -0.165. The predicted octanol–water partition coefficient (Wildman–Crippen LogP) is 3.04.